The van der Waals surface area contributed by atoms with Crippen LogP contribution in [-0.4, -0.2) is 31.2 Å². The number of fused-ring (bicyclic) bond motifs is 1. The summed E-state index contributed by atoms with van der Waals surface area (Å²) in [6, 6.07) is 7.06. The zero-order chi connectivity index (χ0) is 13.2. The second-order valence-electron chi connectivity index (χ2n) is 3.64. The van der Waals surface area contributed by atoms with Crippen LogP contribution in [0.4, 0.5) is 23.7 Å². The number of ether oxygens (including phenoxy) is 1. The summed E-state index contributed by atoms with van der Waals surface area (Å²) in [4.78, 5) is 13.7. The average molecular weight is 277 g/mol. The Morgan fingerprint density at radius 1 is 1.39 bits per heavy atom. The number of hydrogen-bond donors (Lipinski definition) is 0. The summed E-state index contributed by atoms with van der Waals surface area (Å²) in [5.41, 5.74) is 0.598. The molecule has 1 aromatic rings. The van der Waals surface area contributed by atoms with Crippen LogP contribution in [-0.2, 0) is 4.74 Å². The van der Waals surface area contributed by atoms with Crippen LogP contribution < -0.4 is 4.90 Å². The van der Waals surface area contributed by atoms with Crippen molar-refractivity contribution in [1.29, 1.82) is 0 Å². The molecule has 0 aliphatic carbocycles. The van der Waals surface area contributed by atoms with Gasteiger partial charge in [-0.2, -0.15) is 13.2 Å². The van der Waals surface area contributed by atoms with Crippen LogP contribution in [0.5, 0.6) is 0 Å². The second-order valence-corrected chi connectivity index (χ2v) is 4.77. The number of carbonyl (C=O) groups excluding carboxylic acids is 1. The number of anilines is 1. The predicted octanol–water partition coefficient (Wildman–Crippen LogP) is 3.30. The van der Waals surface area contributed by atoms with Gasteiger partial charge in [-0.3, -0.25) is 4.90 Å². The highest BCUT2D eigenvalue weighted by molar-refractivity contribution is 7.99. The molecule has 0 unspecified atom stereocenters. The Balaban J connectivity index is 2.08. The maximum absolute atomic E-state index is 12.0. The maximum atomic E-state index is 12.0. The monoisotopic (exact) mass is 277 g/mol. The molecular formula is C11H10F3NO2S. The zero-order valence-corrected chi connectivity index (χ0v) is 10.1. The Hall–Kier alpha value is -1.37. The fourth-order valence-electron chi connectivity index (χ4n) is 1.58. The number of carbonyl (C=O) groups is 1. The molecule has 0 aromatic heterocycles. The zero-order valence-electron chi connectivity index (χ0n) is 9.24. The molecule has 18 heavy (non-hydrogen) atoms. The van der Waals surface area contributed by atoms with E-state index in [0.29, 0.717) is 18.0 Å². The van der Waals surface area contributed by atoms with E-state index in [1.807, 2.05) is 12.1 Å². The van der Waals surface area contributed by atoms with Crippen LogP contribution in [0.3, 0.4) is 0 Å². The molecule has 0 N–H and O–H groups in total. The van der Waals surface area contributed by atoms with Gasteiger partial charge in [0.1, 0.15) is 0 Å². The number of nitrogens with zero attached hydrogens (tertiary/aromatic N) is 1. The number of hydrogen-bond acceptors (Lipinski definition) is 3. The summed E-state index contributed by atoms with van der Waals surface area (Å²) in [6.07, 6.45) is -5.46. The summed E-state index contributed by atoms with van der Waals surface area (Å²) in [7, 11) is 0. The van der Waals surface area contributed by atoms with E-state index in [0.717, 1.165) is 4.90 Å². The van der Waals surface area contributed by atoms with Gasteiger partial charge in [0, 0.05) is 17.2 Å². The maximum Gasteiger partial charge on any atom is 0.422 e. The van der Waals surface area contributed by atoms with Crippen molar-refractivity contribution in [3.8, 4) is 0 Å². The van der Waals surface area contributed by atoms with E-state index in [4.69, 9.17) is 0 Å². The number of benzene rings is 1. The van der Waals surface area contributed by atoms with Gasteiger partial charge in [0.2, 0.25) is 0 Å². The number of amides is 1. The number of alkyl halides is 3. The van der Waals surface area contributed by atoms with E-state index in [-0.39, 0.29) is 0 Å². The smallest absolute Gasteiger partial charge is 0.422 e. The third kappa shape index (κ3) is 3.10. The molecule has 0 saturated carbocycles. The van der Waals surface area contributed by atoms with Gasteiger partial charge in [0.15, 0.2) is 6.61 Å². The molecule has 0 fully saturated rings. The van der Waals surface area contributed by atoms with Crippen LogP contribution in [0.15, 0.2) is 29.2 Å². The Morgan fingerprint density at radius 2 is 2.11 bits per heavy atom. The lowest BCUT2D eigenvalue weighted by atomic mass is 10.3. The van der Waals surface area contributed by atoms with Crippen molar-refractivity contribution in [2.45, 2.75) is 11.1 Å². The summed E-state index contributed by atoms with van der Waals surface area (Å²) < 4.78 is 40.2. The molecule has 1 amide bonds. The summed E-state index contributed by atoms with van der Waals surface area (Å²) in [5.74, 6) is 0.637. The molecular weight excluding hydrogens is 267 g/mol. The third-order valence-electron chi connectivity index (χ3n) is 2.31. The van der Waals surface area contributed by atoms with Gasteiger partial charge in [-0.1, -0.05) is 12.1 Å². The van der Waals surface area contributed by atoms with Gasteiger partial charge in [-0.15, -0.1) is 11.8 Å². The van der Waals surface area contributed by atoms with Crippen molar-refractivity contribution in [2.75, 3.05) is 23.8 Å². The van der Waals surface area contributed by atoms with Crippen LogP contribution >= 0.6 is 11.8 Å². The Kier molecular flexibility index (Phi) is 3.70. The highest BCUT2D eigenvalue weighted by Gasteiger charge is 2.32. The van der Waals surface area contributed by atoms with Gasteiger partial charge in [0.25, 0.3) is 0 Å². The van der Waals surface area contributed by atoms with Gasteiger partial charge in [-0.25, -0.2) is 4.79 Å². The van der Waals surface area contributed by atoms with Crippen molar-refractivity contribution < 1.29 is 22.7 Å². The number of rotatable bonds is 1. The number of para-hydroxylation sites is 1. The lowest BCUT2D eigenvalue weighted by molar-refractivity contribution is -0.159. The molecule has 2 rings (SSSR count). The first-order valence-corrected chi connectivity index (χ1v) is 6.19. The van der Waals surface area contributed by atoms with Crippen molar-refractivity contribution in [2.24, 2.45) is 0 Å². The fraction of sp³-hybridized carbons (Fsp3) is 0.364. The highest BCUT2D eigenvalue weighted by atomic mass is 32.2. The van der Waals surface area contributed by atoms with Crippen LogP contribution in [0.25, 0.3) is 0 Å². The molecule has 7 heteroatoms. The minimum Gasteiger partial charge on any atom is -0.439 e. The van der Waals surface area contributed by atoms with Gasteiger partial charge >= 0.3 is 12.3 Å². The predicted molar refractivity (Wildman–Crippen MR) is 61.9 cm³/mol. The van der Waals surface area contributed by atoms with E-state index in [1.54, 1.807) is 23.9 Å². The van der Waals surface area contributed by atoms with Crippen LogP contribution in [0, 0.1) is 0 Å². The molecule has 1 aliphatic rings. The van der Waals surface area contributed by atoms with Gasteiger partial charge in [0.05, 0.1) is 5.69 Å². The van der Waals surface area contributed by atoms with Crippen LogP contribution in [0.1, 0.15) is 0 Å². The Bertz CT molecular complexity index is 450. The first kappa shape index (κ1) is 13.1. The van der Waals surface area contributed by atoms with Crippen molar-refractivity contribution >= 4 is 23.5 Å². The van der Waals surface area contributed by atoms with E-state index < -0.39 is 18.9 Å². The molecule has 0 radical (unpaired) electrons. The van der Waals surface area contributed by atoms with E-state index in [1.165, 1.54) is 4.90 Å². The molecule has 1 heterocycles. The minimum atomic E-state index is -4.50. The molecule has 3 nitrogen and oxygen atoms in total. The Labute approximate surface area is 106 Å². The molecule has 0 bridgehead atoms. The molecule has 1 aliphatic heterocycles. The first-order valence-electron chi connectivity index (χ1n) is 5.20. The lowest BCUT2D eigenvalue weighted by Gasteiger charge is -2.28. The molecule has 0 saturated heterocycles. The summed E-state index contributed by atoms with van der Waals surface area (Å²) in [5, 5.41) is 0. The minimum absolute atomic E-state index is 0.346. The van der Waals surface area contributed by atoms with Crippen molar-refractivity contribution in [3.63, 3.8) is 0 Å². The van der Waals surface area contributed by atoms with E-state index >= 15 is 0 Å². The SMILES string of the molecule is O=C(OCC(F)(F)F)N1CCSc2ccccc21. The summed E-state index contributed by atoms with van der Waals surface area (Å²) >= 11 is 1.56. The number of halogens is 3. The van der Waals surface area contributed by atoms with E-state index in [9.17, 15) is 18.0 Å². The van der Waals surface area contributed by atoms with E-state index in [2.05, 4.69) is 4.74 Å². The highest BCUT2D eigenvalue weighted by Crippen LogP contribution is 2.34. The van der Waals surface area contributed by atoms with Crippen molar-refractivity contribution in [3.05, 3.63) is 24.3 Å². The Morgan fingerprint density at radius 3 is 2.83 bits per heavy atom. The topological polar surface area (TPSA) is 29.5 Å². The molecule has 1 aromatic carbocycles. The average Bonchev–Trinajstić information content (AvgIpc) is 2.34. The van der Waals surface area contributed by atoms with Gasteiger partial charge in [-0.05, 0) is 12.1 Å². The third-order valence-corrected chi connectivity index (χ3v) is 3.35. The first-order chi connectivity index (χ1) is 8.47. The van der Waals surface area contributed by atoms with Crippen molar-refractivity contribution in [1.82, 2.24) is 0 Å². The summed E-state index contributed by atoms with van der Waals surface area (Å²) in [6.45, 7) is -1.21. The molecule has 98 valence electrons. The molecule has 0 spiro atoms. The number of thioether (sulfide) groups is 1. The lowest BCUT2D eigenvalue weighted by Crippen LogP contribution is -2.37. The molecule has 0 atom stereocenters. The quantitative estimate of drug-likeness (QED) is 0.788. The van der Waals surface area contributed by atoms with Gasteiger partial charge < -0.3 is 4.74 Å². The fourth-order valence-corrected chi connectivity index (χ4v) is 2.58. The standard InChI is InChI=1S/C11H10F3NO2S/c12-11(13,14)7-17-10(16)15-5-6-18-9-4-2-1-3-8(9)15/h1-4H,5-7H2. The largest absolute Gasteiger partial charge is 0.439 e. The second kappa shape index (κ2) is 5.09. The van der Waals surface area contributed by atoms with Crippen LogP contribution in [0.2, 0.25) is 0 Å². The normalized spacial score (nSPS) is 15.2.